The Morgan fingerprint density at radius 3 is 2.17 bits per heavy atom. The minimum Gasteiger partial charge on any atom is -0.379 e. The van der Waals surface area contributed by atoms with E-state index in [1.807, 2.05) is 0 Å². The second-order valence-corrected chi connectivity index (χ2v) is 6.68. The van der Waals surface area contributed by atoms with Crippen molar-refractivity contribution >= 4 is 42.0 Å². The molecule has 0 aliphatic carbocycles. The summed E-state index contributed by atoms with van der Waals surface area (Å²) in [4.78, 5) is 0.129. The smallest absolute Gasteiger partial charge is 0.339 e. The van der Waals surface area contributed by atoms with E-state index in [1.54, 1.807) is 36.4 Å². The summed E-state index contributed by atoms with van der Waals surface area (Å²) in [5, 5.41) is 0. The molecule has 0 radical (unpaired) electrons. The Balaban J connectivity index is 2.31. The number of halogens is 2. The first-order valence-electron chi connectivity index (χ1n) is 4.93. The highest BCUT2D eigenvalue weighted by Gasteiger charge is 2.16. The molecule has 0 aliphatic rings. The van der Waals surface area contributed by atoms with E-state index in [0.717, 1.165) is 8.95 Å². The Kier molecular flexibility index (Phi) is 4.09. The molecule has 94 valence electrons. The summed E-state index contributed by atoms with van der Waals surface area (Å²) in [6.45, 7) is 0. The summed E-state index contributed by atoms with van der Waals surface area (Å²) in [5.41, 5.74) is 0. The molecular weight excluding hydrogens is 384 g/mol. The van der Waals surface area contributed by atoms with Gasteiger partial charge in [0.15, 0.2) is 0 Å². The summed E-state index contributed by atoms with van der Waals surface area (Å²) in [6.07, 6.45) is 0. The molecule has 0 saturated carbocycles. The third-order valence-electron chi connectivity index (χ3n) is 2.13. The first-order valence-corrected chi connectivity index (χ1v) is 7.93. The lowest BCUT2D eigenvalue weighted by molar-refractivity contribution is 0.486. The van der Waals surface area contributed by atoms with Crippen LogP contribution in [0.25, 0.3) is 0 Å². The second-order valence-electron chi connectivity index (χ2n) is 3.43. The quantitative estimate of drug-likeness (QED) is 0.743. The second kappa shape index (κ2) is 5.42. The first kappa shape index (κ1) is 13.6. The van der Waals surface area contributed by atoms with Crippen LogP contribution in [0.2, 0.25) is 0 Å². The highest BCUT2D eigenvalue weighted by molar-refractivity contribution is 9.13. The van der Waals surface area contributed by atoms with Gasteiger partial charge in [0.05, 0.1) is 0 Å². The first-order chi connectivity index (χ1) is 8.49. The molecule has 0 bridgehead atoms. The van der Waals surface area contributed by atoms with Crippen LogP contribution in [0.3, 0.4) is 0 Å². The number of benzene rings is 2. The van der Waals surface area contributed by atoms with Crippen LogP contribution in [-0.4, -0.2) is 8.42 Å². The minimum absolute atomic E-state index is 0.129. The Morgan fingerprint density at radius 1 is 0.889 bits per heavy atom. The zero-order valence-electron chi connectivity index (χ0n) is 9.01. The van der Waals surface area contributed by atoms with E-state index in [4.69, 9.17) is 4.18 Å². The Hall–Kier alpha value is -0.850. The van der Waals surface area contributed by atoms with Crippen LogP contribution in [0.1, 0.15) is 0 Å². The fraction of sp³-hybridized carbons (Fsp3) is 0. The molecule has 0 aromatic heterocycles. The van der Waals surface area contributed by atoms with Gasteiger partial charge in [-0.2, -0.15) is 8.42 Å². The molecule has 0 unspecified atom stereocenters. The third-order valence-corrected chi connectivity index (χ3v) is 5.27. The van der Waals surface area contributed by atoms with E-state index in [2.05, 4.69) is 31.9 Å². The summed E-state index contributed by atoms with van der Waals surface area (Å²) < 4.78 is 30.5. The van der Waals surface area contributed by atoms with Gasteiger partial charge in [-0.25, -0.2) is 0 Å². The maximum atomic E-state index is 11.9. The van der Waals surface area contributed by atoms with Gasteiger partial charge in [-0.3, -0.25) is 0 Å². The Bertz CT molecular complexity index is 654. The maximum absolute atomic E-state index is 11.9. The lowest BCUT2D eigenvalue weighted by atomic mass is 10.3. The van der Waals surface area contributed by atoms with Gasteiger partial charge in [-0.15, -0.1) is 0 Å². The van der Waals surface area contributed by atoms with Crippen LogP contribution < -0.4 is 4.18 Å². The van der Waals surface area contributed by atoms with Crippen molar-refractivity contribution in [3.05, 3.63) is 57.5 Å². The predicted molar refractivity (Wildman–Crippen MR) is 76.1 cm³/mol. The Morgan fingerprint density at radius 2 is 1.56 bits per heavy atom. The van der Waals surface area contributed by atoms with Crippen molar-refractivity contribution in [1.29, 1.82) is 0 Å². The maximum Gasteiger partial charge on any atom is 0.339 e. The largest absolute Gasteiger partial charge is 0.379 e. The van der Waals surface area contributed by atoms with Crippen molar-refractivity contribution in [1.82, 2.24) is 0 Å². The zero-order valence-corrected chi connectivity index (χ0v) is 13.0. The van der Waals surface area contributed by atoms with Gasteiger partial charge in [-0.05, 0) is 62.2 Å². The molecule has 0 aliphatic heterocycles. The molecule has 2 rings (SSSR count). The number of hydrogen-bond donors (Lipinski definition) is 0. The summed E-state index contributed by atoms with van der Waals surface area (Å²) in [6, 6.07) is 12.9. The fourth-order valence-electron chi connectivity index (χ4n) is 1.29. The molecule has 0 spiro atoms. The number of rotatable bonds is 3. The predicted octanol–water partition coefficient (Wildman–Crippen LogP) is 3.98. The van der Waals surface area contributed by atoms with Crippen molar-refractivity contribution in [3.8, 4) is 5.75 Å². The van der Waals surface area contributed by atoms with Crippen LogP contribution in [0.15, 0.2) is 62.4 Å². The molecule has 0 fully saturated rings. The van der Waals surface area contributed by atoms with Gasteiger partial charge in [0, 0.05) is 8.95 Å². The van der Waals surface area contributed by atoms with E-state index in [1.165, 1.54) is 12.1 Å². The average molecular weight is 392 g/mol. The van der Waals surface area contributed by atoms with E-state index in [0.29, 0.717) is 0 Å². The molecule has 0 N–H and O–H groups in total. The summed E-state index contributed by atoms with van der Waals surface area (Å²) in [5.74, 6) is 0.258. The van der Waals surface area contributed by atoms with E-state index < -0.39 is 10.1 Å². The highest BCUT2D eigenvalue weighted by Crippen LogP contribution is 2.28. The van der Waals surface area contributed by atoms with Gasteiger partial charge in [0.25, 0.3) is 0 Å². The van der Waals surface area contributed by atoms with E-state index in [-0.39, 0.29) is 10.6 Å². The van der Waals surface area contributed by atoms with Gasteiger partial charge < -0.3 is 4.18 Å². The molecule has 0 heterocycles. The van der Waals surface area contributed by atoms with Gasteiger partial charge >= 0.3 is 10.1 Å². The van der Waals surface area contributed by atoms with Gasteiger partial charge in [-0.1, -0.05) is 18.2 Å². The topological polar surface area (TPSA) is 43.4 Å². The molecule has 0 saturated heterocycles. The van der Waals surface area contributed by atoms with Gasteiger partial charge in [0.2, 0.25) is 0 Å². The third kappa shape index (κ3) is 3.13. The van der Waals surface area contributed by atoms with Crippen LogP contribution in [-0.2, 0) is 10.1 Å². The Labute approximate surface area is 122 Å². The molecule has 18 heavy (non-hydrogen) atoms. The molecular formula is C12H8Br2O3S. The molecule has 2 aromatic rings. The molecule has 6 heteroatoms. The monoisotopic (exact) mass is 390 g/mol. The minimum atomic E-state index is -3.78. The zero-order chi connectivity index (χ0) is 13.2. The van der Waals surface area contributed by atoms with Crippen molar-refractivity contribution in [2.45, 2.75) is 4.90 Å². The van der Waals surface area contributed by atoms with Crippen molar-refractivity contribution in [2.75, 3.05) is 0 Å². The summed E-state index contributed by atoms with van der Waals surface area (Å²) >= 11 is 6.59. The van der Waals surface area contributed by atoms with E-state index >= 15 is 0 Å². The molecule has 0 amide bonds. The molecule has 0 atom stereocenters. The molecule has 2 aromatic carbocycles. The normalized spacial score (nSPS) is 11.2. The van der Waals surface area contributed by atoms with Crippen molar-refractivity contribution < 1.29 is 12.6 Å². The number of hydrogen-bond acceptors (Lipinski definition) is 3. The lowest BCUT2D eigenvalue weighted by Gasteiger charge is -2.07. The standard InChI is InChI=1S/C12H8Br2O3S/c13-11-7-6-9(8-12(11)14)17-18(15,16)10-4-2-1-3-5-10/h1-8H. The van der Waals surface area contributed by atoms with Crippen LogP contribution in [0.4, 0.5) is 0 Å². The fourth-order valence-corrected chi connectivity index (χ4v) is 2.84. The lowest BCUT2D eigenvalue weighted by Crippen LogP contribution is -2.09. The SMILES string of the molecule is O=S(=O)(Oc1ccc(Br)c(Br)c1)c1ccccc1. The van der Waals surface area contributed by atoms with Crippen molar-refractivity contribution in [3.63, 3.8) is 0 Å². The highest BCUT2D eigenvalue weighted by atomic mass is 79.9. The van der Waals surface area contributed by atoms with Crippen LogP contribution in [0, 0.1) is 0 Å². The molecule has 3 nitrogen and oxygen atoms in total. The van der Waals surface area contributed by atoms with E-state index in [9.17, 15) is 8.42 Å². The van der Waals surface area contributed by atoms with Crippen molar-refractivity contribution in [2.24, 2.45) is 0 Å². The average Bonchev–Trinajstić information content (AvgIpc) is 2.35. The summed E-state index contributed by atoms with van der Waals surface area (Å²) in [7, 11) is -3.78. The van der Waals surface area contributed by atoms with Crippen LogP contribution in [0.5, 0.6) is 5.75 Å². The van der Waals surface area contributed by atoms with Crippen LogP contribution >= 0.6 is 31.9 Å². The van der Waals surface area contributed by atoms with Gasteiger partial charge in [0.1, 0.15) is 10.6 Å².